The predicted molar refractivity (Wildman–Crippen MR) is 101 cm³/mol. The van der Waals surface area contributed by atoms with Crippen molar-refractivity contribution in [2.45, 2.75) is 32.5 Å². The summed E-state index contributed by atoms with van der Waals surface area (Å²) in [6.45, 7) is 5.44. The average Bonchev–Trinajstić information content (AvgIpc) is 3.02. The van der Waals surface area contributed by atoms with Crippen LogP contribution in [0.5, 0.6) is 0 Å². The Labute approximate surface area is 159 Å². The van der Waals surface area contributed by atoms with E-state index in [0.29, 0.717) is 23.0 Å². The quantitative estimate of drug-likeness (QED) is 0.472. The maximum atomic E-state index is 12.3. The highest BCUT2D eigenvalue weighted by Crippen LogP contribution is 2.28. The summed E-state index contributed by atoms with van der Waals surface area (Å²) in [7, 11) is 0. The Hall–Kier alpha value is -3.24. The molecule has 1 atom stereocenters. The van der Waals surface area contributed by atoms with Gasteiger partial charge in [0.2, 0.25) is 5.91 Å². The van der Waals surface area contributed by atoms with Gasteiger partial charge in [-0.05, 0) is 26.1 Å². The second-order valence-corrected chi connectivity index (χ2v) is 5.81. The van der Waals surface area contributed by atoms with Crippen molar-refractivity contribution in [1.29, 1.82) is 0 Å². The fraction of sp³-hybridized carbons (Fsp3) is 0.353. The second kappa shape index (κ2) is 9.11. The molecule has 2 heterocycles. The molecule has 0 bridgehead atoms. The lowest BCUT2D eigenvalue weighted by Crippen LogP contribution is -2.43. The largest absolute Gasteiger partial charge is 0.405 e. The van der Waals surface area contributed by atoms with Crippen LogP contribution in [0.1, 0.15) is 18.9 Å². The number of carbonyl (C=O) groups excluding carboxylic acids is 1. The van der Waals surface area contributed by atoms with Gasteiger partial charge in [0.1, 0.15) is 30.6 Å². The summed E-state index contributed by atoms with van der Waals surface area (Å²) in [6, 6.07) is 0.669. The van der Waals surface area contributed by atoms with Gasteiger partial charge in [-0.25, -0.2) is 15.0 Å². The van der Waals surface area contributed by atoms with Crippen LogP contribution >= 0.6 is 0 Å². The van der Waals surface area contributed by atoms with Gasteiger partial charge in [0.25, 0.3) is 0 Å². The van der Waals surface area contributed by atoms with Gasteiger partial charge in [0.05, 0.1) is 0 Å². The van der Waals surface area contributed by atoms with Crippen molar-refractivity contribution in [2.24, 2.45) is 9.98 Å². The molecule has 0 aromatic carbocycles. The standard InChI is InChI=1S/C17H20F3N7O/c1-4-12(16(28)24-8-17(18,19)20)26-13-5-6-22-15(27-13)11-7-23-14(10(11)2)25-9-21-3/h5-7,9,12,23H,3-4,8H2,1-2H3,(H,24,28)(H,22,26,27)/t12-/m1/s1. The van der Waals surface area contributed by atoms with E-state index in [4.69, 9.17) is 0 Å². The number of aromatic nitrogens is 3. The molecule has 0 aliphatic rings. The van der Waals surface area contributed by atoms with Gasteiger partial charge in [-0.15, -0.1) is 0 Å². The van der Waals surface area contributed by atoms with Gasteiger partial charge in [0.15, 0.2) is 5.82 Å². The maximum Gasteiger partial charge on any atom is 0.405 e. The van der Waals surface area contributed by atoms with Crippen LogP contribution in [-0.2, 0) is 4.79 Å². The molecule has 150 valence electrons. The Morgan fingerprint density at radius 2 is 2.21 bits per heavy atom. The molecule has 0 spiro atoms. The SMILES string of the molecule is C=NC=Nc1[nH]cc(-c2nccc(N[C@H](CC)C(=O)NCC(F)(F)F)n2)c1C. The van der Waals surface area contributed by atoms with E-state index >= 15 is 0 Å². The van der Waals surface area contributed by atoms with Gasteiger partial charge in [0, 0.05) is 23.5 Å². The molecule has 0 unspecified atom stereocenters. The minimum Gasteiger partial charge on any atom is -0.358 e. The number of H-pyrrole nitrogens is 1. The number of nitrogens with one attached hydrogen (secondary N) is 3. The molecule has 0 saturated carbocycles. The lowest BCUT2D eigenvalue weighted by atomic mass is 10.2. The van der Waals surface area contributed by atoms with Gasteiger partial charge < -0.3 is 15.6 Å². The number of carbonyl (C=O) groups is 1. The van der Waals surface area contributed by atoms with Crippen LogP contribution in [0.25, 0.3) is 11.4 Å². The van der Waals surface area contributed by atoms with Crippen molar-refractivity contribution in [3.8, 4) is 11.4 Å². The first-order valence-electron chi connectivity index (χ1n) is 8.36. The van der Waals surface area contributed by atoms with Gasteiger partial charge in [-0.2, -0.15) is 13.2 Å². The number of hydrogen-bond donors (Lipinski definition) is 3. The molecule has 0 aliphatic carbocycles. The zero-order chi connectivity index (χ0) is 20.7. The Bertz CT molecular complexity index is 861. The van der Waals surface area contributed by atoms with Crippen molar-refractivity contribution in [3.05, 3.63) is 24.0 Å². The van der Waals surface area contributed by atoms with Crippen molar-refractivity contribution >= 4 is 30.6 Å². The average molecular weight is 395 g/mol. The van der Waals surface area contributed by atoms with Gasteiger partial charge in [-0.1, -0.05) is 6.92 Å². The highest BCUT2D eigenvalue weighted by atomic mass is 19.4. The van der Waals surface area contributed by atoms with E-state index in [9.17, 15) is 18.0 Å². The van der Waals surface area contributed by atoms with Gasteiger partial charge in [-0.3, -0.25) is 9.79 Å². The summed E-state index contributed by atoms with van der Waals surface area (Å²) in [5, 5.41) is 4.71. The number of aliphatic imine (C=N–C) groups is 2. The third-order valence-electron chi connectivity index (χ3n) is 3.79. The fourth-order valence-electron chi connectivity index (χ4n) is 2.36. The Morgan fingerprint density at radius 1 is 1.46 bits per heavy atom. The first-order valence-corrected chi connectivity index (χ1v) is 8.36. The first-order chi connectivity index (χ1) is 13.2. The lowest BCUT2D eigenvalue weighted by Gasteiger charge is -2.18. The molecule has 0 radical (unpaired) electrons. The van der Waals surface area contributed by atoms with Crippen molar-refractivity contribution in [3.63, 3.8) is 0 Å². The zero-order valence-electron chi connectivity index (χ0n) is 15.3. The number of nitrogens with zero attached hydrogens (tertiary/aromatic N) is 4. The number of amides is 1. The summed E-state index contributed by atoms with van der Waals surface area (Å²) in [5.74, 6) is 0.503. The summed E-state index contributed by atoms with van der Waals surface area (Å²) in [6.07, 6.45) is 0.277. The van der Waals surface area contributed by atoms with Crippen LogP contribution in [0, 0.1) is 6.92 Å². The van der Waals surface area contributed by atoms with E-state index in [-0.39, 0.29) is 6.42 Å². The highest BCUT2D eigenvalue weighted by molar-refractivity contribution is 5.84. The third-order valence-corrected chi connectivity index (χ3v) is 3.79. The number of halogens is 3. The maximum absolute atomic E-state index is 12.3. The molecule has 3 N–H and O–H groups in total. The van der Waals surface area contributed by atoms with E-state index in [1.54, 1.807) is 13.1 Å². The highest BCUT2D eigenvalue weighted by Gasteiger charge is 2.29. The van der Waals surface area contributed by atoms with Crippen LogP contribution in [0.15, 0.2) is 28.4 Å². The first kappa shape index (κ1) is 21.1. The number of hydrogen-bond acceptors (Lipinski definition) is 5. The van der Waals surface area contributed by atoms with Crippen LogP contribution < -0.4 is 10.6 Å². The summed E-state index contributed by atoms with van der Waals surface area (Å²) in [5.41, 5.74) is 1.47. The molecule has 11 heteroatoms. The minimum absolute atomic E-state index is 0.277. The third kappa shape index (κ3) is 5.63. The van der Waals surface area contributed by atoms with Crippen molar-refractivity contribution in [1.82, 2.24) is 20.3 Å². The van der Waals surface area contributed by atoms with Crippen LogP contribution in [0.2, 0.25) is 0 Å². The smallest absolute Gasteiger partial charge is 0.358 e. The van der Waals surface area contributed by atoms with Crippen molar-refractivity contribution in [2.75, 3.05) is 11.9 Å². The van der Waals surface area contributed by atoms with E-state index < -0.39 is 24.7 Å². The molecule has 28 heavy (non-hydrogen) atoms. The molecular weight excluding hydrogens is 375 g/mol. The molecule has 1 amide bonds. The van der Waals surface area contributed by atoms with Crippen LogP contribution in [0.3, 0.4) is 0 Å². The van der Waals surface area contributed by atoms with E-state index in [1.165, 1.54) is 18.6 Å². The zero-order valence-corrected chi connectivity index (χ0v) is 15.3. The van der Waals surface area contributed by atoms with Gasteiger partial charge >= 0.3 is 6.18 Å². The number of rotatable bonds is 8. The lowest BCUT2D eigenvalue weighted by molar-refractivity contribution is -0.138. The number of alkyl halides is 3. The molecule has 2 rings (SSSR count). The number of aromatic amines is 1. The summed E-state index contributed by atoms with van der Waals surface area (Å²) < 4.78 is 36.9. The summed E-state index contributed by atoms with van der Waals surface area (Å²) in [4.78, 5) is 31.1. The molecule has 8 nitrogen and oxygen atoms in total. The monoisotopic (exact) mass is 395 g/mol. The minimum atomic E-state index is -4.47. The molecule has 0 saturated heterocycles. The second-order valence-electron chi connectivity index (χ2n) is 5.81. The van der Waals surface area contributed by atoms with E-state index in [0.717, 1.165) is 5.56 Å². The van der Waals surface area contributed by atoms with Crippen molar-refractivity contribution < 1.29 is 18.0 Å². The van der Waals surface area contributed by atoms with E-state index in [2.05, 4.69) is 37.0 Å². The topological polar surface area (TPSA) is 107 Å². The molecule has 0 aliphatic heterocycles. The molecule has 2 aromatic rings. The molecule has 2 aromatic heterocycles. The number of anilines is 1. The Morgan fingerprint density at radius 3 is 2.86 bits per heavy atom. The van der Waals surface area contributed by atoms with E-state index in [1.807, 2.05) is 12.2 Å². The van der Waals surface area contributed by atoms with Crippen LogP contribution in [-0.4, -0.2) is 52.7 Å². The summed E-state index contributed by atoms with van der Waals surface area (Å²) >= 11 is 0. The normalized spacial score (nSPS) is 12.8. The Balaban J connectivity index is 2.16. The van der Waals surface area contributed by atoms with Crippen LogP contribution in [0.4, 0.5) is 24.8 Å². The Kier molecular flexibility index (Phi) is 6.85. The molecular formula is C17H20F3N7O. The predicted octanol–water partition coefficient (Wildman–Crippen LogP) is 3.01. The fourth-order valence-corrected chi connectivity index (χ4v) is 2.36. The molecule has 0 fully saturated rings.